The van der Waals surface area contributed by atoms with Crippen LogP contribution in [0.1, 0.15) is 33.2 Å². The number of carbonyl (C=O) groups is 2. The molecule has 2 heterocycles. The fourth-order valence-corrected chi connectivity index (χ4v) is 4.84. The largest absolute Gasteiger partial charge is 0.494 e. The number of ether oxygens (including phenoxy) is 1. The zero-order chi connectivity index (χ0) is 21.1. The third kappa shape index (κ3) is 4.40. The van der Waals surface area contributed by atoms with Crippen molar-refractivity contribution < 1.29 is 18.7 Å². The summed E-state index contributed by atoms with van der Waals surface area (Å²) in [6, 6.07) is 6.69. The molecule has 3 rings (SSSR count). The van der Waals surface area contributed by atoms with E-state index in [0.717, 1.165) is 16.6 Å². The number of likely N-dealkylation sites (N-methyl/N-ethyl adjacent to an activating group) is 1. The molecule has 0 spiro atoms. The van der Waals surface area contributed by atoms with Gasteiger partial charge in [-0.3, -0.25) is 9.59 Å². The van der Waals surface area contributed by atoms with Crippen LogP contribution in [0.4, 0.5) is 4.39 Å². The Bertz CT molecular complexity index is 1080. The van der Waals surface area contributed by atoms with Crippen LogP contribution in [0.25, 0.3) is 10.9 Å². The van der Waals surface area contributed by atoms with Gasteiger partial charge in [-0.25, -0.2) is 14.4 Å². The normalized spacial score (nSPS) is 12.0. The number of rotatable bonds is 7. The van der Waals surface area contributed by atoms with Crippen molar-refractivity contribution in [1.82, 2.24) is 15.3 Å². The molecule has 1 unspecified atom stereocenters. The van der Waals surface area contributed by atoms with Gasteiger partial charge in [0.2, 0.25) is 5.91 Å². The van der Waals surface area contributed by atoms with E-state index in [4.69, 9.17) is 4.74 Å². The number of hydrogen-bond acceptors (Lipinski definition) is 7. The summed E-state index contributed by atoms with van der Waals surface area (Å²) in [7, 11) is 2.97. The fraction of sp³-hybridized carbons (Fsp3) is 0.300. The minimum absolute atomic E-state index is 0.0938. The number of nitrogens with one attached hydrogen (secondary N) is 1. The van der Waals surface area contributed by atoms with Crippen molar-refractivity contribution >= 4 is 45.7 Å². The molecule has 0 aliphatic heterocycles. The van der Waals surface area contributed by atoms with Crippen LogP contribution in [0.3, 0.4) is 0 Å². The highest BCUT2D eigenvalue weighted by atomic mass is 32.2. The SMILES string of the molecule is CNC(=O)C(C)c1ccc(C(=O)CSc2nc(C)nc3ccc(OC)c(F)c23)s1. The van der Waals surface area contributed by atoms with E-state index in [2.05, 4.69) is 15.3 Å². The third-order valence-electron chi connectivity index (χ3n) is 4.37. The first kappa shape index (κ1) is 21.2. The number of Topliss-reactive ketones (excluding diaryl/α,β-unsaturated/α-hetero) is 1. The molecule has 0 fully saturated rings. The maximum Gasteiger partial charge on any atom is 0.227 e. The van der Waals surface area contributed by atoms with Crippen LogP contribution in [-0.4, -0.2) is 41.6 Å². The van der Waals surface area contributed by atoms with Crippen LogP contribution >= 0.6 is 23.1 Å². The average Bonchev–Trinajstić information content (AvgIpc) is 3.21. The second-order valence-electron chi connectivity index (χ2n) is 6.30. The lowest BCUT2D eigenvalue weighted by atomic mass is 10.1. The summed E-state index contributed by atoms with van der Waals surface area (Å²) >= 11 is 2.45. The van der Waals surface area contributed by atoms with E-state index in [1.807, 2.05) is 0 Å². The molecule has 0 aliphatic carbocycles. The molecule has 3 aromatic rings. The Kier molecular flexibility index (Phi) is 6.49. The number of hydrogen-bond donors (Lipinski definition) is 1. The summed E-state index contributed by atoms with van der Waals surface area (Å²) in [6.07, 6.45) is 0. The number of fused-ring (bicyclic) bond motifs is 1. The van der Waals surface area contributed by atoms with Gasteiger partial charge in [-0.1, -0.05) is 11.8 Å². The summed E-state index contributed by atoms with van der Waals surface area (Å²) < 4.78 is 19.8. The zero-order valence-electron chi connectivity index (χ0n) is 16.4. The van der Waals surface area contributed by atoms with Crippen LogP contribution in [0, 0.1) is 12.7 Å². The van der Waals surface area contributed by atoms with Gasteiger partial charge < -0.3 is 10.1 Å². The number of ketones is 1. The molecule has 9 heteroatoms. The molecule has 1 N–H and O–H groups in total. The third-order valence-corrected chi connectivity index (χ3v) is 6.66. The fourth-order valence-electron chi connectivity index (χ4n) is 2.79. The van der Waals surface area contributed by atoms with E-state index >= 15 is 0 Å². The Labute approximate surface area is 175 Å². The highest BCUT2D eigenvalue weighted by molar-refractivity contribution is 8.00. The molecule has 0 aliphatic rings. The standard InChI is InChI=1S/C20H20FN3O3S2/c1-10(19(26)22-3)15-7-8-16(29-15)13(25)9-28-20-17-12(23-11(2)24-20)5-6-14(27-4)18(17)21/h5-8,10H,9H2,1-4H3,(H,22,26). The monoisotopic (exact) mass is 433 g/mol. The van der Waals surface area contributed by atoms with Gasteiger partial charge in [-0.2, -0.15) is 0 Å². The van der Waals surface area contributed by atoms with Crippen LogP contribution in [-0.2, 0) is 4.79 Å². The number of thioether (sulfide) groups is 1. The van der Waals surface area contributed by atoms with E-state index in [1.165, 1.54) is 24.5 Å². The Morgan fingerprint density at radius 1 is 1.28 bits per heavy atom. The second-order valence-corrected chi connectivity index (χ2v) is 8.38. The maximum absolute atomic E-state index is 14.8. The number of halogens is 1. The molecule has 6 nitrogen and oxygen atoms in total. The van der Waals surface area contributed by atoms with Gasteiger partial charge >= 0.3 is 0 Å². The van der Waals surface area contributed by atoms with Crippen LogP contribution < -0.4 is 10.1 Å². The van der Waals surface area contributed by atoms with Crippen LogP contribution in [0.5, 0.6) is 5.75 Å². The summed E-state index contributed by atoms with van der Waals surface area (Å²) in [6.45, 7) is 3.51. The van der Waals surface area contributed by atoms with E-state index < -0.39 is 5.82 Å². The Balaban J connectivity index is 1.83. The molecule has 152 valence electrons. The number of benzene rings is 1. The van der Waals surface area contributed by atoms with Crippen LogP contribution in [0.2, 0.25) is 0 Å². The first-order valence-corrected chi connectivity index (χ1v) is 10.6. The van der Waals surface area contributed by atoms with E-state index in [-0.39, 0.29) is 34.5 Å². The lowest BCUT2D eigenvalue weighted by molar-refractivity contribution is -0.121. The highest BCUT2D eigenvalue weighted by Crippen LogP contribution is 2.33. The molecular weight excluding hydrogens is 413 g/mol. The minimum Gasteiger partial charge on any atom is -0.494 e. The molecule has 1 atom stereocenters. The second kappa shape index (κ2) is 8.87. The quantitative estimate of drug-likeness (QED) is 0.345. The molecule has 1 amide bonds. The average molecular weight is 434 g/mol. The molecular formula is C20H20FN3O3S2. The van der Waals surface area contributed by atoms with Gasteiger partial charge in [0.05, 0.1) is 34.6 Å². The van der Waals surface area contributed by atoms with E-state index in [1.54, 1.807) is 39.1 Å². The van der Waals surface area contributed by atoms with Crippen molar-refractivity contribution in [3.8, 4) is 5.75 Å². The lowest BCUT2D eigenvalue weighted by Crippen LogP contribution is -2.23. The summed E-state index contributed by atoms with van der Waals surface area (Å²) in [4.78, 5) is 34.4. The number of nitrogens with zero attached hydrogens (tertiary/aromatic N) is 2. The van der Waals surface area contributed by atoms with E-state index in [9.17, 15) is 14.0 Å². The Hall–Kier alpha value is -2.52. The minimum atomic E-state index is -0.544. The predicted molar refractivity (Wildman–Crippen MR) is 113 cm³/mol. The van der Waals surface area contributed by atoms with Crippen molar-refractivity contribution in [2.45, 2.75) is 24.8 Å². The molecule has 0 saturated carbocycles. The van der Waals surface area contributed by atoms with Crippen molar-refractivity contribution in [3.05, 3.63) is 45.7 Å². The molecule has 0 bridgehead atoms. The number of aryl methyl sites for hydroxylation is 1. The highest BCUT2D eigenvalue weighted by Gasteiger charge is 2.20. The molecule has 1 aromatic carbocycles. The molecule has 0 saturated heterocycles. The van der Waals surface area contributed by atoms with E-state index in [0.29, 0.717) is 21.2 Å². The molecule has 2 aromatic heterocycles. The lowest BCUT2D eigenvalue weighted by Gasteiger charge is -2.09. The number of carbonyl (C=O) groups excluding carboxylic acids is 2. The zero-order valence-corrected chi connectivity index (χ0v) is 18.0. The van der Waals surface area contributed by atoms with Gasteiger partial charge in [0.1, 0.15) is 10.9 Å². The van der Waals surface area contributed by atoms with Crippen molar-refractivity contribution in [3.63, 3.8) is 0 Å². The van der Waals surface area contributed by atoms with Gasteiger partial charge in [0, 0.05) is 11.9 Å². The molecule has 29 heavy (non-hydrogen) atoms. The van der Waals surface area contributed by atoms with Gasteiger partial charge in [0.15, 0.2) is 17.3 Å². The Morgan fingerprint density at radius 3 is 2.72 bits per heavy atom. The summed E-state index contributed by atoms with van der Waals surface area (Å²) in [5, 5.41) is 3.24. The van der Waals surface area contributed by atoms with Gasteiger partial charge in [-0.15, -0.1) is 11.3 Å². The first-order chi connectivity index (χ1) is 13.8. The summed E-state index contributed by atoms with van der Waals surface area (Å²) in [5.74, 6) is -0.391. The van der Waals surface area contributed by atoms with Gasteiger partial charge in [-0.05, 0) is 38.1 Å². The topological polar surface area (TPSA) is 81.2 Å². The first-order valence-electron chi connectivity index (χ1n) is 8.83. The van der Waals surface area contributed by atoms with Crippen molar-refractivity contribution in [2.75, 3.05) is 19.9 Å². The predicted octanol–water partition coefficient (Wildman–Crippen LogP) is 3.97. The van der Waals surface area contributed by atoms with Gasteiger partial charge in [0.25, 0.3) is 0 Å². The van der Waals surface area contributed by atoms with Crippen molar-refractivity contribution in [1.29, 1.82) is 0 Å². The smallest absolute Gasteiger partial charge is 0.227 e. The summed E-state index contributed by atoms with van der Waals surface area (Å²) in [5.41, 5.74) is 0.462. The van der Waals surface area contributed by atoms with Crippen LogP contribution in [0.15, 0.2) is 29.3 Å². The maximum atomic E-state index is 14.8. The molecule has 0 radical (unpaired) electrons. The Morgan fingerprint density at radius 2 is 2.03 bits per heavy atom. The van der Waals surface area contributed by atoms with Crippen molar-refractivity contribution in [2.24, 2.45) is 0 Å². The number of methoxy groups -OCH3 is 1. The number of thiophene rings is 1. The number of amides is 1. The number of aromatic nitrogens is 2.